The minimum atomic E-state index is 0.328. The van der Waals surface area contributed by atoms with E-state index in [2.05, 4.69) is 18.3 Å². The van der Waals surface area contributed by atoms with Crippen LogP contribution >= 0.6 is 11.6 Å². The van der Waals surface area contributed by atoms with Gasteiger partial charge >= 0.3 is 0 Å². The average Bonchev–Trinajstić information content (AvgIpc) is 2.38. The number of nitrogens with one attached hydrogen (secondary N) is 1. The van der Waals surface area contributed by atoms with E-state index in [1.54, 1.807) is 7.11 Å². The molecule has 4 heteroatoms. The van der Waals surface area contributed by atoms with Gasteiger partial charge in [0.2, 0.25) is 0 Å². The molecule has 0 aliphatic carbocycles. The second-order valence-corrected chi connectivity index (χ2v) is 4.51. The summed E-state index contributed by atoms with van der Waals surface area (Å²) >= 11 is 6.00. The van der Waals surface area contributed by atoms with Gasteiger partial charge in [0.15, 0.2) is 0 Å². The Labute approximate surface area is 114 Å². The van der Waals surface area contributed by atoms with Gasteiger partial charge in [-0.05, 0) is 24.1 Å². The van der Waals surface area contributed by atoms with Crippen molar-refractivity contribution >= 4 is 11.6 Å². The molecule has 0 aromatic heterocycles. The summed E-state index contributed by atoms with van der Waals surface area (Å²) in [7, 11) is 1.67. The number of hydrogen-bond acceptors (Lipinski definition) is 3. The smallest absolute Gasteiger partial charge is 0.0700 e. The second kappa shape index (κ2) is 9.34. The molecule has 18 heavy (non-hydrogen) atoms. The Morgan fingerprint density at radius 1 is 1.28 bits per heavy atom. The van der Waals surface area contributed by atoms with Crippen LogP contribution in [0.4, 0.5) is 0 Å². The minimum absolute atomic E-state index is 0.328. The molecule has 0 bridgehead atoms. The molecule has 0 saturated heterocycles. The van der Waals surface area contributed by atoms with Crippen LogP contribution in [0.25, 0.3) is 0 Å². The van der Waals surface area contributed by atoms with Crippen molar-refractivity contribution in [1.29, 1.82) is 0 Å². The lowest BCUT2D eigenvalue weighted by Crippen LogP contribution is -2.25. The van der Waals surface area contributed by atoms with Gasteiger partial charge in [0, 0.05) is 24.7 Å². The zero-order chi connectivity index (χ0) is 13.2. The number of methoxy groups -OCH3 is 1. The van der Waals surface area contributed by atoms with Crippen LogP contribution in [-0.4, -0.2) is 33.5 Å². The molecule has 0 fully saturated rings. The van der Waals surface area contributed by atoms with E-state index >= 15 is 0 Å². The van der Waals surface area contributed by atoms with E-state index in [4.69, 9.17) is 21.1 Å². The zero-order valence-electron chi connectivity index (χ0n) is 11.1. The highest BCUT2D eigenvalue weighted by molar-refractivity contribution is 6.30. The van der Waals surface area contributed by atoms with E-state index < -0.39 is 0 Å². The van der Waals surface area contributed by atoms with Gasteiger partial charge in [-0.2, -0.15) is 0 Å². The Morgan fingerprint density at radius 3 is 2.78 bits per heavy atom. The first kappa shape index (κ1) is 15.4. The summed E-state index contributed by atoms with van der Waals surface area (Å²) in [6.07, 6.45) is 1.03. The summed E-state index contributed by atoms with van der Waals surface area (Å²) < 4.78 is 10.3. The first-order valence-corrected chi connectivity index (χ1v) is 6.71. The van der Waals surface area contributed by atoms with Crippen LogP contribution in [0.3, 0.4) is 0 Å². The van der Waals surface area contributed by atoms with Crippen molar-refractivity contribution in [2.45, 2.75) is 19.4 Å². The van der Waals surface area contributed by atoms with E-state index in [1.165, 1.54) is 5.56 Å². The van der Waals surface area contributed by atoms with E-state index in [0.29, 0.717) is 25.9 Å². The van der Waals surface area contributed by atoms with Gasteiger partial charge in [0.1, 0.15) is 0 Å². The van der Waals surface area contributed by atoms with Gasteiger partial charge < -0.3 is 14.8 Å². The summed E-state index contributed by atoms with van der Waals surface area (Å²) in [6, 6.07) is 8.31. The third kappa shape index (κ3) is 5.83. The maximum absolute atomic E-state index is 6.00. The standard InChI is InChI=1S/C14H22ClNO2/c1-3-14(12-5-4-6-13(15)11-12)16-7-8-18-10-9-17-2/h4-6,11,14,16H,3,7-10H2,1-2H3. The molecule has 1 aromatic carbocycles. The Hall–Kier alpha value is -0.610. The molecule has 102 valence electrons. The van der Waals surface area contributed by atoms with Gasteiger partial charge in [-0.25, -0.2) is 0 Å². The van der Waals surface area contributed by atoms with Crippen molar-refractivity contribution in [1.82, 2.24) is 5.32 Å². The van der Waals surface area contributed by atoms with Gasteiger partial charge in [-0.1, -0.05) is 30.7 Å². The van der Waals surface area contributed by atoms with Gasteiger partial charge in [-0.3, -0.25) is 0 Å². The molecule has 3 nitrogen and oxygen atoms in total. The fourth-order valence-electron chi connectivity index (χ4n) is 1.77. The maximum atomic E-state index is 6.00. The first-order chi connectivity index (χ1) is 8.77. The van der Waals surface area contributed by atoms with Crippen LogP contribution in [0, 0.1) is 0 Å². The third-order valence-electron chi connectivity index (χ3n) is 2.73. The number of benzene rings is 1. The Kier molecular flexibility index (Phi) is 8.01. The SMILES string of the molecule is CCC(NCCOCCOC)c1cccc(Cl)c1. The summed E-state index contributed by atoms with van der Waals surface area (Å²) in [6.45, 7) is 4.97. The van der Waals surface area contributed by atoms with Crippen molar-refractivity contribution in [3.63, 3.8) is 0 Å². The molecule has 1 unspecified atom stereocenters. The second-order valence-electron chi connectivity index (χ2n) is 4.08. The lowest BCUT2D eigenvalue weighted by molar-refractivity contribution is 0.0710. The minimum Gasteiger partial charge on any atom is -0.382 e. The Bertz CT molecular complexity index is 333. The number of halogens is 1. The highest BCUT2D eigenvalue weighted by atomic mass is 35.5. The van der Waals surface area contributed by atoms with Crippen LogP contribution < -0.4 is 5.32 Å². The monoisotopic (exact) mass is 271 g/mol. The van der Waals surface area contributed by atoms with Crippen LogP contribution in [0.2, 0.25) is 5.02 Å². The number of hydrogen-bond donors (Lipinski definition) is 1. The first-order valence-electron chi connectivity index (χ1n) is 6.33. The van der Waals surface area contributed by atoms with E-state index in [9.17, 15) is 0 Å². The van der Waals surface area contributed by atoms with E-state index in [-0.39, 0.29) is 0 Å². The summed E-state index contributed by atoms with van der Waals surface area (Å²) in [5.74, 6) is 0. The lowest BCUT2D eigenvalue weighted by atomic mass is 10.0. The summed E-state index contributed by atoms with van der Waals surface area (Å²) in [5, 5.41) is 4.25. The van der Waals surface area contributed by atoms with Crippen molar-refractivity contribution in [3.05, 3.63) is 34.9 Å². The summed E-state index contributed by atoms with van der Waals surface area (Å²) in [5.41, 5.74) is 1.22. The van der Waals surface area contributed by atoms with Crippen molar-refractivity contribution in [2.75, 3.05) is 33.5 Å². The van der Waals surface area contributed by atoms with Gasteiger partial charge in [0.05, 0.1) is 19.8 Å². The fourth-order valence-corrected chi connectivity index (χ4v) is 1.97. The molecule has 1 atom stereocenters. The van der Waals surface area contributed by atoms with Crippen molar-refractivity contribution in [3.8, 4) is 0 Å². The van der Waals surface area contributed by atoms with Gasteiger partial charge in [-0.15, -0.1) is 0 Å². The van der Waals surface area contributed by atoms with E-state index in [0.717, 1.165) is 18.0 Å². The molecule has 1 N–H and O–H groups in total. The lowest BCUT2D eigenvalue weighted by Gasteiger charge is -2.17. The molecule has 0 radical (unpaired) electrons. The number of rotatable bonds is 9. The Morgan fingerprint density at radius 2 is 2.11 bits per heavy atom. The predicted molar refractivity (Wildman–Crippen MR) is 75.2 cm³/mol. The van der Waals surface area contributed by atoms with Gasteiger partial charge in [0.25, 0.3) is 0 Å². The Balaban J connectivity index is 2.29. The van der Waals surface area contributed by atoms with Crippen LogP contribution in [0.1, 0.15) is 24.9 Å². The molecule has 1 rings (SSSR count). The van der Waals surface area contributed by atoms with Crippen LogP contribution in [0.5, 0.6) is 0 Å². The molecular weight excluding hydrogens is 250 g/mol. The number of ether oxygens (including phenoxy) is 2. The predicted octanol–water partition coefficient (Wildman–Crippen LogP) is 3.04. The fraction of sp³-hybridized carbons (Fsp3) is 0.571. The zero-order valence-corrected chi connectivity index (χ0v) is 11.9. The van der Waals surface area contributed by atoms with Crippen LogP contribution in [-0.2, 0) is 9.47 Å². The molecule has 0 saturated carbocycles. The molecular formula is C14H22ClNO2. The topological polar surface area (TPSA) is 30.5 Å². The molecule has 0 spiro atoms. The average molecular weight is 272 g/mol. The summed E-state index contributed by atoms with van der Waals surface area (Å²) in [4.78, 5) is 0. The van der Waals surface area contributed by atoms with E-state index in [1.807, 2.05) is 18.2 Å². The molecule has 1 aromatic rings. The molecule has 0 amide bonds. The normalized spacial score (nSPS) is 12.6. The van der Waals surface area contributed by atoms with Crippen molar-refractivity contribution < 1.29 is 9.47 Å². The molecule has 0 aliphatic rings. The third-order valence-corrected chi connectivity index (χ3v) is 2.96. The quantitative estimate of drug-likeness (QED) is 0.701. The molecule has 0 aliphatic heterocycles. The highest BCUT2D eigenvalue weighted by Crippen LogP contribution is 2.19. The largest absolute Gasteiger partial charge is 0.382 e. The highest BCUT2D eigenvalue weighted by Gasteiger charge is 2.08. The van der Waals surface area contributed by atoms with Crippen molar-refractivity contribution in [2.24, 2.45) is 0 Å². The maximum Gasteiger partial charge on any atom is 0.0700 e. The van der Waals surface area contributed by atoms with Crippen LogP contribution in [0.15, 0.2) is 24.3 Å². The molecule has 0 heterocycles.